The van der Waals surface area contributed by atoms with Gasteiger partial charge in [-0.05, 0) is 92.9 Å². The topological polar surface area (TPSA) is 109 Å². The molecule has 1 saturated heterocycles. The summed E-state index contributed by atoms with van der Waals surface area (Å²) in [7, 11) is 1.63. The highest BCUT2D eigenvalue weighted by atomic mass is 32.2. The first kappa shape index (κ1) is 27.3. The van der Waals surface area contributed by atoms with Crippen molar-refractivity contribution in [3.63, 3.8) is 0 Å². The van der Waals surface area contributed by atoms with Gasteiger partial charge in [0.1, 0.15) is 12.1 Å². The van der Waals surface area contributed by atoms with E-state index in [2.05, 4.69) is 19.9 Å². The standard InChI is InChI=1S/C28H36N4O4S/c1-36-22-5-6-25-24(17-22)23(9-13-30-25)26(33)7-3-20-11-15-32(18-21(20)4-8-28(34)35)14-2-16-37-27-10-12-29-19-31-27/h5-6,9-10,12-13,17,19-21,26,33H,2-4,7-8,11,14-16,18H2,1H3,(H,34,35)/t20?,21?,26-/m0/s1. The molecule has 3 aromatic rings. The summed E-state index contributed by atoms with van der Waals surface area (Å²) in [5.74, 6) is 1.72. The fourth-order valence-electron chi connectivity index (χ4n) is 5.30. The molecule has 3 heterocycles. The molecule has 2 aromatic heterocycles. The summed E-state index contributed by atoms with van der Waals surface area (Å²) in [6, 6.07) is 9.53. The molecule has 2 unspecified atom stereocenters. The van der Waals surface area contributed by atoms with Crippen LogP contribution in [0.15, 0.2) is 54.1 Å². The molecule has 8 nitrogen and oxygen atoms in total. The summed E-state index contributed by atoms with van der Waals surface area (Å²) in [6.45, 7) is 2.93. The van der Waals surface area contributed by atoms with Gasteiger partial charge in [-0.2, -0.15) is 0 Å². The molecule has 2 N–H and O–H groups in total. The van der Waals surface area contributed by atoms with E-state index in [9.17, 15) is 15.0 Å². The van der Waals surface area contributed by atoms with Gasteiger partial charge in [0.15, 0.2) is 0 Å². The number of likely N-dealkylation sites (tertiary alicyclic amines) is 1. The Morgan fingerprint density at radius 3 is 2.86 bits per heavy atom. The van der Waals surface area contributed by atoms with Crippen molar-refractivity contribution in [3.8, 4) is 5.75 Å². The van der Waals surface area contributed by atoms with E-state index in [0.717, 1.165) is 71.9 Å². The summed E-state index contributed by atoms with van der Waals surface area (Å²) in [5.41, 5.74) is 1.70. The van der Waals surface area contributed by atoms with Crippen LogP contribution in [0.2, 0.25) is 0 Å². The number of benzene rings is 1. The predicted molar refractivity (Wildman–Crippen MR) is 145 cm³/mol. The smallest absolute Gasteiger partial charge is 0.303 e. The Morgan fingerprint density at radius 2 is 2.08 bits per heavy atom. The molecular formula is C28H36N4O4S. The molecule has 4 rings (SSSR count). The van der Waals surface area contributed by atoms with Crippen molar-refractivity contribution in [2.75, 3.05) is 32.5 Å². The van der Waals surface area contributed by atoms with Crippen molar-refractivity contribution in [2.24, 2.45) is 11.8 Å². The summed E-state index contributed by atoms with van der Waals surface area (Å²) in [6.07, 6.45) is 8.94. The number of methoxy groups -OCH3 is 1. The lowest BCUT2D eigenvalue weighted by atomic mass is 9.79. The van der Waals surface area contributed by atoms with Gasteiger partial charge in [-0.25, -0.2) is 9.97 Å². The van der Waals surface area contributed by atoms with Crippen LogP contribution < -0.4 is 4.74 Å². The zero-order chi connectivity index (χ0) is 26.0. The van der Waals surface area contributed by atoms with Crippen LogP contribution in [0.4, 0.5) is 0 Å². The number of piperidine rings is 1. The van der Waals surface area contributed by atoms with Crippen molar-refractivity contribution in [1.82, 2.24) is 19.9 Å². The minimum absolute atomic E-state index is 0.190. The van der Waals surface area contributed by atoms with Crippen LogP contribution in [-0.4, -0.2) is 68.5 Å². The largest absolute Gasteiger partial charge is 0.497 e. The summed E-state index contributed by atoms with van der Waals surface area (Å²) in [4.78, 5) is 26.4. The minimum Gasteiger partial charge on any atom is -0.497 e. The highest BCUT2D eigenvalue weighted by Gasteiger charge is 2.30. The number of thioether (sulfide) groups is 1. The number of pyridine rings is 1. The van der Waals surface area contributed by atoms with E-state index in [1.807, 2.05) is 30.3 Å². The monoisotopic (exact) mass is 524 g/mol. The normalized spacial score (nSPS) is 19.1. The number of aliphatic hydroxyl groups is 1. The summed E-state index contributed by atoms with van der Waals surface area (Å²) in [5, 5.41) is 22.3. The number of carboxylic acid groups (broad SMARTS) is 1. The van der Waals surface area contributed by atoms with E-state index in [4.69, 9.17) is 4.74 Å². The first-order valence-electron chi connectivity index (χ1n) is 13.0. The third kappa shape index (κ3) is 7.87. The Hall–Kier alpha value is -2.75. The molecule has 37 heavy (non-hydrogen) atoms. The SMILES string of the molecule is COc1ccc2nccc([C@@H](O)CCC3CCN(CCCSc4ccncn4)CC3CCC(=O)O)c2c1. The van der Waals surface area contributed by atoms with Crippen molar-refractivity contribution in [1.29, 1.82) is 0 Å². The minimum atomic E-state index is -0.741. The number of aliphatic hydroxyl groups excluding tert-OH is 1. The average Bonchev–Trinajstić information content (AvgIpc) is 2.93. The molecule has 0 aliphatic carbocycles. The molecule has 0 spiro atoms. The van der Waals surface area contributed by atoms with Crippen molar-refractivity contribution < 1.29 is 19.7 Å². The quantitative estimate of drug-likeness (QED) is 0.185. The lowest BCUT2D eigenvalue weighted by molar-refractivity contribution is -0.137. The number of hydrogen-bond donors (Lipinski definition) is 2. The van der Waals surface area contributed by atoms with Crippen molar-refractivity contribution in [3.05, 3.63) is 54.6 Å². The highest BCUT2D eigenvalue weighted by Crippen LogP contribution is 2.35. The van der Waals surface area contributed by atoms with Gasteiger partial charge in [-0.15, -0.1) is 11.8 Å². The zero-order valence-electron chi connectivity index (χ0n) is 21.3. The molecule has 1 aromatic carbocycles. The molecule has 3 atom stereocenters. The van der Waals surface area contributed by atoms with Gasteiger partial charge >= 0.3 is 5.97 Å². The van der Waals surface area contributed by atoms with E-state index in [-0.39, 0.29) is 6.42 Å². The van der Waals surface area contributed by atoms with Crippen LogP contribution >= 0.6 is 11.8 Å². The van der Waals surface area contributed by atoms with Gasteiger partial charge < -0.3 is 19.8 Å². The molecule has 1 aliphatic heterocycles. The number of aliphatic carboxylic acids is 1. The van der Waals surface area contributed by atoms with Crippen LogP contribution in [0.5, 0.6) is 5.75 Å². The number of aromatic nitrogens is 3. The van der Waals surface area contributed by atoms with E-state index in [1.54, 1.807) is 37.6 Å². The fourth-order valence-corrected chi connectivity index (χ4v) is 6.06. The first-order valence-corrected chi connectivity index (χ1v) is 14.0. The molecule has 0 saturated carbocycles. The van der Waals surface area contributed by atoms with E-state index >= 15 is 0 Å². The van der Waals surface area contributed by atoms with Gasteiger partial charge in [0, 0.05) is 36.5 Å². The molecular weight excluding hydrogens is 488 g/mol. The Balaban J connectivity index is 1.32. The van der Waals surface area contributed by atoms with Gasteiger partial charge in [-0.1, -0.05) is 0 Å². The maximum absolute atomic E-state index is 11.3. The summed E-state index contributed by atoms with van der Waals surface area (Å²) >= 11 is 1.74. The molecule has 9 heteroatoms. The Labute approximate surface area is 222 Å². The maximum atomic E-state index is 11.3. The molecule has 1 fully saturated rings. The number of carbonyl (C=O) groups is 1. The lowest BCUT2D eigenvalue weighted by Crippen LogP contribution is -2.41. The zero-order valence-corrected chi connectivity index (χ0v) is 22.1. The number of ether oxygens (including phenoxy) is 1. The second-order valence-electron chi connectivity index (χ2n) is 9.67. The van der Waals surface area contributed by atoms with E-state index in [1.165, 1.54) is 0 Å². The number of nitrogens with zero attached hydrogens (tertiary/aromatic N) is 4. The molecule has 0 radical (unpaired) electrons. The van der Waals surface area contributed by atoms with E-state index < -0.39 is 12.1 Å². The maximum Gasteiger partial charge on any atom is 0.303 e. The average molecular weight is 525 g/mol. The second-order valence-corrected chi connectivity index (χ2v) is 10.8. The number of hydrogen-bond acceptors (Lipinski definition) is 8. The Bertz CT molecular complexity index is 1150. The van der Waals surface area contributed by atoms with Crippen LogP contribution in [-0.2, 0) is 4.79 Å². The molecule has 1 aliphatic rings. The highest BCUT2D eigenvalue weighted by molar-refractivity contribution is 7.99. The third-order valence-electron chi connectivity index (χ3n) is 7.28. The second kappa shape index (κ2) is 13.7. The Kier molecular flexibility index (Phi) is 10.1. The van der Waals surface area contributed by atoms with Crippen LogP contribution in [0, 0.1) is 11.8 Å². The van der Waals surface area contributed by atoms with Crippen molar-refractivity contribution in [2.45, 2.75) is 49.7 Å². The predicted octanol–water partition coefficient (Wildman–Crippen LogP) is 4.83. The first-order chi connectivity index (χ1) is 18.0. The Morgan fingerprint density at radius 1 is 1.19 bits per heavy atom. The van der Waals surface area contributed by atoms with Crippen molar-refractivity contribution >= 4 is 28.6 Å². The van der Waals surface area contributed by atoms with Gasteiger partial charge in [0.2, 0.25) is 0 Å². The molecule has 0 bridgehead atoms. The van der Waals surface area contributed by atoms with Gasteiger partial charge in [0.25, 0.3) is 0 Å². The van der Waals surface area contributed by atoms with Crippen LogP contribution in [0.1, 0.15) is 50.2 Å². The number of fused-ring (bicyclic) bond motifs is 1. The fraction of sp³-hybridized carbons (Fsp3) is 0.500. The molecule has 198 valence electrons. The summed E-state index contributed by atoms with van der Waals surface area (Å²) < 4.78 is 5.37. The number of rotatable bonds is 13. The van der Waals surface area contributed by atoms with Gasteiger partial charge in [-0.3, -0.25) is 9.78 Å². The van der Waals surface area contributed by atoms with Crippen LogP contribution in [0.3, 0.4) is 0 Å². The van der Waals surface area contributed by atoms with Gasteiger partial charge in [0.05, 0.1) is 23.8 Å². The van der Waals surface area contributed by atoms with E-state index in [0.29, 0.717) is 24.7 Å². The third-order valence-corrected chi connectivity index (χ3v) is 8.31. The number of carboxylic acids is 1. The lowest BCUT2D eigenvalue weighted by Gasteiger charge is -2.39. The molecule has 0 amide bonds. The van der Waals surface area contributed by atoms with Crippen LogP contribution in [0.25, 0.3) is 10.9 Å².